The molecule has 0 spiro atoms. The van der Waals surface area contributed by atoms with Crippen LogP contribution in [0.1, 0.15) is 49.4 Å². The Bertz CT molecular complexity index is 1290. The molecule has 2 atom stereocenters. The minimum atomic E-state index is -1.85. The van der Waals surface area contributed by atoms with Crippen LogP contribution >= 0.6 is 0 Å². The van der Waals surface area contributed by atoms with Crippen LogP contribution in [-0.2, 0) is 28.0 Å². The molecule has 1 aliphatic heterocycles. The van der Waals surface area contributed by atoms with Gasteiger partial charge in [-0.1, -0.05) is 54.6 Å². The van der Waals surface area contributed by atoms with Crippen LogP contribution in [0.4, 0.5) is 5.82 Å². The lowest BCUT2D eigenvalue weighted by Gasteiger charge is -2.27. The molecular formula is C33H42N4O5. The van der Waals surface area contributed by atoms with Crippen molar-refractivity contribution in [3.8, 4) is 5.75 Å². The third-order valence-corrected chi connectivity index (χ3v) is 7.64. The number of carboxylic acid groups (broad SMARTS) is 1. The topological polar surface area (TPSA) is 124 Å². The average molecular weight is 575 g/mol. The normalized spacial score (nSPS) is 14.7. The summed E-state index contributed by atoms with van der Waals surface area (Å²) in [6, 6.07) is 21.2. The molecule has 4 rings (SSSR count). The molecule has 0 aliphatic carbocycles. The zero-order valence-electron chi connectivity index (χ0n) is 24.3. The molecule has 42 heavy (non-hydrogen) atoms. The zero-order chi connectivity index (χ0) is 29.8. The maximum Gasteiger partial charge on any atom is 0.326 e. The highest BCUT2D eigenvalue weighted by molar-refractivity contribution is 5.89. The van der Waals surface area contributed by atoms with Crippen molar-refractivity contribution < 1.29 is 24.5 Å². The maximum absolute atomic E-state index is 12.9. The van der Waals surface area contributed by atoms with E-state index in [2.05, 4.69) is 27.7 Å². The largest absolute Gasteiger partial charge is 0.492 e. The van der Waals surface area contributed by atoms with Crippen molar-refractivity contribution in [3.63, 3.8) is 0 Å². The number of aromatic nitrogens is 1. The number of hydrogen-bond donors (Lipinski definition) is 4. The number of hydrogen-bond acceptors (Lipinski definition) is 7. The number of fused-ring (bicyclic) bond motifs is 1. The first kappa shape index (κ1) is 31.0. The SMILES string of the molecule is CC(O)(C(=O)NC(CCN(CCCCc1ccc2c(n1)NCCC2)CCOc1ccccc1)C(=O)O)c1ccccc1. The number of para-hydroxylation sites is 1. The Kier molecular flexibility index (Phi) is 11.3. The van der Waals surface area contributed by atoms with Gasteiger partial charge >= 0.3 is 5.97 Å². The van der Waals surface area contributed by atoms with Crippen molar-refractivity contribution in [2.24, 2.45) is 0 Å². The molecule has 3 aromatic rings. The van der Waals surface area contributed by atoms with Gasteiger partial charge in [0.2, 0.25) is 0 Å². The van der Waals surface area contributed by atoms with Crippen LogP contribution in [0.2, 0.25) is 0 Å². The third kappa shape index (κ3) is 9.03. The van der Waals surface area contributed by atoms with Gasteiger partial charge in [-0.15, -0.1) is 0 Å². The Hall–Kier alpha value is -3.95. The summed E-state index contributed by atoms with van der Waals surface area (Å²) >= 11 is 0. The van der Waals surface area contributed by atoms with Crippen LogP contribution < -0.4 is 15.4 Å². The van der Waals surface area contributed by atoms with Crippen molar-refractivity contribution in [3.05, 3.63) is 89.6 Å². The minimum absolute atomic E-state index is 0.190. The lowest BCUT2D eigenvalue weighted by atomic mass is 9.94. The molecule has 0 bridgehead atoms. The number of pyridine rings is 1. The Morgan fingerprint density at radius 3 is 2.50 bits per heavy atom. The highest BCUT2D eigenvalue weighted by Crippen LogP contribution is 2.22. The minimum Gasteiger partial charge on any atom is -0.492 e. The number of carbonyl (C=O) groups excluding carboxylic acids is 1. The number of amides is 1. The Labute approximate surface area is 247 Å². The van der Waals surface area contributed by atoms with Gasteiger partial charge in [-0.2, -0.15) is 0 Å². The fourth-order valence-electron chi connectivity index (χ4n) is 5.06. The quantitative estimate of drug-likeness (QED) is 0.189. The molecule has 0 saturated heterocycles. The van der Waals surface area contributed by atoms with E-state index >= 15 is 0 Å². The van der Waals surface area contributed by atoms with Gasteiger partial charge < -0.3 is 25.6 Å². The summed E-state index contributed by atoms with van der Waals surface area (Å²) in [6.45, 7) is 4.60. The molecule has 2 heterocycles. The lowest BCUT2D eigenvalue weighted by molar-refractivity contribution is -0.147. The molecule has 2 unspecified atom stereocenters. The molecular weight excluding hydrogens is 532 g/mol. The van der Waals surface area contributed by atoms with Crippen LogP contribution in [0, 0.1) is 0 Å². The van der Waals surface area contributed by atoms with Crippen molar-refractivity contribution in [2.45, 2.75) is 57.1 Å². The van der Waals surface area contributed by atoms with Crippen LogP contribution in [0.25, 0.3) is 0 Å². The van der Waals surface area contributed by atoms with E-state index in [9.17, 15) is 19.8 Å². The molecule has 0 saturated carbocycles. The van der Waals surface area contributed by atoms with Crippen molar-refractivity contribution in [1.82, 2.24) is 15.2 Å². The molecule has 1 aromatic heterocycles. The van der Waals surface area contributed by atoms with Crippen molar-refractivity contribution >= 4 is 17.7 Å². The van der Waals surface area contributed by atoms with E-state index in [1.165, 1.54) is 12.5 Å². The summed E-state index contributed by atoms with van der Waals surface area (Å²) in [5, 5.41) is 26.7. The number of aryl methyl sites for hydroxylation is 2. The van der Waals surface area contributed by atoms with Gasteiger partial charge in [0.1, 0.15) is 24.2 Å². The highest BCUT2D eigenvalue weighted by Gasteiger charge is 2.35. The fraction of sp³-hybridized carbons (Fsp3) is 0.424. The van der Waals surface area contributed by atoms with Gasteiger partial charge in [-0.3, -0.25) is 9.69 Å². The predicted molar refractivity (Wildman–Crippen MR) is 163 cm³/mol. The molecule has 9 nitrogen and oxygen atoms in total. The lowest BCUT2D eigenvalue weighted by Crippen LogP contribution is -2.50. The zero-order valence-corrected chi connectivity index (χ0v) is 24.3. The van der Waals surface area contributed by atoms with Crippen LogP contribution in [0.3, 0.4) is 0 Å². The predicted octanol–water partition coefficient (Wildman–Crippen LogP) is 4.01. The van der Waals surface area contributed by atoms with Gasteiger partial charge in [0.05, 0.1) is 0 Å². The smallest absolute Gasteiger partial charge is 0.326 e. The molecule has 0 radical (unpaired) electrons. The van der Waals surface area contributed by atoms with E-state index in [0.717, 1.165) is 62.5 Å². The van der Waals surface area contributed by atoms with Gasteiger partial charge in [0.25, 0.3) is 5.91 Å². The summed E-state index contributed by atoms with van der Waals surface area (Å²) in [4.78, 5) is 32.0. The summed E-state index contributed by atoms with van der Waals surface area (Å²) in [7, 11) is 0. The van der Waals surface area contributed by atoms with E-state index in [1.807, 2.05) is 30.3 Å². The van der Waals surface area contributed by atoms with Gasteiger partial charge in [0, 0.05) is 25.3 Å². The second-order valence-corrected chi connectivity index (χ2v) is 10.9. The number of nitrogens with zero attached hydrogens (tertiary/aromatic N) is 2. The van der Waals surface area contributed by atoms with Crippen molar-refractivity contribution in [2.75, 3.05) is 38.1 Å². The molecule has 1 aliphatic rings. The number of unbranched alkanes of at least 4 members (excludes halogenated alkanes) is 1. The number of carbonyl (C=O) groups is 2. The first-order valence-electron chi connectivity index (χ1n) is 14.8. The fourth-order valence-corrected chi connectivity index (χ4v) is 5.06. The van der Waals surface area contributed by atoms with Gasteiger partial charge in [-0.25, -0.2) is 9.78 Å². The summed E-state index contributed by atoms with van der Waals surface area (Å²) < 4.78 is 5.90. The first-order chi connectivity index (χ1) is 20.3. The summed E-state index contributed by atoms with van der Waals surface area (Å²) in [5.74, 6) is -0.0957. The second-order valence-electron chi connectivity index (χ2n) is 10.9. The number of aliphatic carboxylic acids is 1. The molecule has 2 aromatic carbocycles. The van der Waals surface area contributed by atoms with E-state index < -0.39 is 23.5 Å². The van der Waals surface area contributed by atoms with Crippen molar-refractivity contribution in [1.29, 1.82) is 0 Å². The van der Waals surface area contributed by atoms with Crippen LogP contribution in [0.5, 0.6) is 5.75 Å². The molecule has 4 N–H and O–H groups in total. The number of nitrogens with one attached hydrogen (secondary N) is 2. The molecule has 1 amide bonds. The Morgan fingerprint density at radius 1 is 1.02 bits per heavy atom. The first-order valence-corrected chi connectivity index (χ1v) is 14.8. The summed E-state index contributed by atoms with van der Waals surface area (Å²) in [6.07, 6.45) is 5.11. The van der Waals surface area contributed by atoms with E-state index in [4.69, 9.17) is 9.72 Å². The van der Waals surface area contributed by atoms with Gasteiger partial charge in [-0.05, 0) is 81.3 Å². The monoisotopic (exact) mass is 574 g/mol. The molecule has 0 fully saturated rings. The average Bonchev–Trinajstić information content (AvgIpc) is 3.01. The number of aliphatic hydroxyl groups is 1. The Morgan fingerprint density at radius 2 is 1.76 bits per heavy atom. The van der Waals surface area contributed by atoms with E-state index in [-0.39, 0.29) is 6.42 Å². The second kappa shape index (κ2) is 15.3. The number of anilines is 1. The molecule has 224 valence electrons. The van der Waals surface area contributed by atoms with E-state index in [0.29, 0.717) is 25.3 Å². The standard InChI is InChI=1S/C33H42N4O5/c1-33(41,26-12-4-2-5-13-26)32(40)36-29(31(38)39)19-22-37(23-24-42-28-15-6-3-7-16-28)21-9-8-14-27-18-17-25-11-10-20-34-30(25)35-27/h2-7,12-13,15-18,29,41H,8-11,14,19-24H2,1H3,(H,34,35)(H,36,40)(H,38,39). The highest BCUT2D eigenvalue weighted by atomic mass is 16.5. The third-order valence-electron chi connectivity index (χ3n) is 7.64. The van der Waals surface area contributed by atoms with E-state index in [1.54, 1.807) is 30.3 Å². The number of ether oxygens (including phenoxy) is 1. The maximum atomic E-state index is 12.9. The number of benzene rings is 2. The van der Waals surface area contributed by atoms with Crippen LogP contribution in [-0.4, -0.2) is 70.8 Å². The Balaban J connectivity index is 1.32. The number of carboxylic acids is 1. The van der Waals surface area contributed by atoms with Gasteiger partial charge in [0.15, 0.2) is 5.60 Å². The van der Waals surface area contributed by atoms with Crippen LogP contribution in [0.15, 0.2) is 72.8 Å². The number of rotatable bonds is 16. The summed E-state index contributed by atoms with van der Waals surface area (Å²) in [5.41, 5.74) is 0.898. The molecule has 9 heteroatoms.